The first-order chi connectivity index (χ1) is 9.41. The van der Waals surface area contributed by atoms with Crippen LogP contribution in [0.15, 0.2) is 18.2 Å². The van der Waals surface area contributed by atoms with Crippen molar-refractivity contribution in [2.45, 2.75) is 44.7 Å². The van der Waals surface area contributed by atoms with Gasteiger partial charge in [0.05, 0.1) is 0 Å². The molecule has 0 fully saturated rings. The van der Waals surface area contributed by atoms with E-state index in [1.165, 1.54) is 6.07 Å². The van der Waals surface area contributed by atoms with E-state index in [0.717, 1.165) is 12.8 Å². The summed E-state index contributed by atoms with van der Waals surface area (Å²) in [6.45, 7) is 4.37. The highest BCUT2D eigenvalue weighted by Crippen LogP contribution is 2.29. The molecular formula is C16H26ClFN2. The predicted molar refractivity (Wildman–Crippen MR) is 85.0 cm³/mol. The molecule has 1 aromatic carbocycles. The lowest BCUT2D eigenvalue weighted by Gasteiger charge is -2.45. The van der Waals surface area contributed by atoms with Crippen LogP contribution in [0.1, 0.15) is 32.3 Å². The van der Waals surface area contributed by atoms with Gasteiger partial charge in [-0.3, -0.25) is 0 Å². The third kappa shape index (κ3) is 3.51. The third-order valence-electron chi connectivity index (χ3n) is 4.54. The number of nitrogens with zero attached hydrogens (tertiary/aromatic N) is 1. The molecule has 1 atom stereocenters. The van der Waals surface area contributed by atoms with Crippen molar-refractivity contribution in [2.75, 3.05) is 21.1 Å². The average molecular weight is 301 g/mol. The van der Waals surface area contributed by atoms with Crippen LogP contribution in [0.3, 0.4) is 0 Å². The molecule has 0 aliphatic heterocycles. The largest absolute Gasteiger partial charge is 0.315 e. The minimum absolute atomic E-state index is 0.00348. The van der Waals surface area contributed by atoms with Gasteiger partial charge in [-0.25, -0.2) is 4.39 Å². The zero-order valence-corrected chi connectivity index (χ0v) is 13.9. The molecular weight excluding hydrogens is 275 g/mol. The van der Waals surface area contributed by atoms with Gasteiger partial charge in [-0.2, -0.15) is 0 Å². The Morgan fingerprint density at radius 2 is 1.90 bits per heavy atom. The first-order valence-corrected chi connectivity index (χ1v) is 7.57. The van der Waals surface area contributed by atoms with Crippen molar-refractivity contribution in [2.24, 2.45) is 0 Å². The highest BCUT2D eigenvalue weighted by atomic mass is 35.5. The van der Waals surface area contributed by atoms with Crippen LogP contribution in [0.2, 0.25) is 5.02 Å². The fraction of sp³-hybridized carbons (Fsp3) is 0.625. The molecule has 4 heteroatoms. The summed E-state index contributed by atoms with van der Waals surface area (Å²) < 4.78 is 14.0. The number of hydrogen-bond donors (Lipinski definition) is 1. The molecule has 1 N–H and O–H groups in total. The van der Waals surface area contributed by atoms with Crippen molar-refractivity contribution >= 4 is 11.6 Å². The van der Waals surface area contributed by atoms with Gasteiger partial charge in [0.15, 0.2) is 0 Å². The Balaban J connectivity index is 3.09. The van der Waals surface area contributed by atoms with Gasteiger partial charge in [0, 0.05) is 16.6 Å². The molecule has 0 aliphatic carbocycles. The Morgan fingerprint density at radius 1 is 1.30 bits per heavy atom. The summed E-state index contributed by atoms with van der Waals surface area (Å²) >= 11 is 5.99. The topological polar surface area (TPSA) is 15.3 Å². The zero-order chi connectivity index (χ0) is 15.3. The minimum Gasteiger partial charge on any atom is -0.315 e. The van der Waals surface area contributed by atoms with E-state index >= 15 is 0 Å². The summed E-state index contributed by atoms with van der Waals surface area (Å²) in [5.41, 5.74) is 0.675. The Labute approximate surface area is 127 Å². The van der Waals surface area contributed by atoms with Crippen molar-refractivity contribution in [3.05, 3.63) is 34.6 Å². The SMILES string of the molecule is CCC(CC)(C(Cc1cc(Cl)ccc1F)NC)N(C)C. The average Bonchev–Trinajstić information content (AvgIpc) is 2.42. The molecule has 0 radical (unpaired) electrons. The van der Waals surface area contributed by atoms with Gasteiger partial charge in [0.25, 0.3) is 0 Å². The molecule has 0 heterocycles. The number of nitrogens with one attached hydrogen (secondary N) is 1. The van der Waals surface area contributed by atoms with Gasteiger partial charge < -0.3 is 10.2 Å². The van der Waals surface area contributed by atoms with E-state index in [9.17, 15) is 4.39 Å². The van der Waals surface area contributed by atoms with Crippen LogP contribution >= 0.6 is 11.6 Å². The lowest BCUT2D eigenvalue weighted by atomic mass is 9.80. The van der Waals surface area contributed by atoms with E-state index in [4.69, 9.17) is 11.6 Å². The minimum atomic E-state index is -0.186. The van der Waals surface area contributed by atoms with Crippen LogP contribution in [0.4, 0.5) is 4.39 Å². The van der Waals surface area contributed by atoms with E-state index in [0.29, 0.717) is 17.0 Å². The molecule has 0 spiro atoms. The predicted octanol–water partition coefficient (Wildman–Crippen LogP) is 3.73. The summed E-state index contributed by atoms with van der Waals surface area (Å²) in [5, 5.41) is 3.95. The molecule has 1 rings (SSSR count). The number of benzene rings is 1. The van der Waals surface area contributed by atoms with Crippen LogP contribution in [0.25, 0.3) is 0 Å². The second kappa shape index (κ2) is 7.39. The van der Waals surface area contributed by atoms with E-state index in [1.54, 1.807) is 12.1 Å². The quantitative estimate of drug-likeness (QED) is 0.825. The first kappa shape index (κ1) is 17.4. The Hall–Kier alpha value is -0.640. The van der Waals surface area contributed by atoms with E-state index in [2.05, 4.69) is 38.2 Å². The normalized spacial score (nSPS) is 13.8. The van der Waals surface area contributed by atoms with Crippen molar-refractivity contribution in [3.8, 4) is 0 Å². The van der Waals surface area contributed by atoms with Gasteiger partial charge in [-0.15, -0.1) is 0 Å². The number of hydrogen-bond acceptors (Lipinski definition) is 2. The molecule has 1 unspecified atom stereocenters. The van der Waals surface area contributed by atoms with Crippen LogP contribution < -0.4 is 5.32 Å². The molecule has 114 valence electrons. The van der Waals surface area contributed by atoms with Crippen molar-refractivity contribution < 1.29 is 4.39 Å². The van der Waals surface area contributed by atoms with Gasteiger partial charge in [-0.1, -0.05) is 25.4 Å². The van der Waals surface area contributed by atoms with Crippen LogP contribution in [0, 0.1) is 5.82 Å². The van der Waals surface area contributed by atoms with E-state index in [1.807, 2.05) is 7.05 Å². The van der Waals surface area contributed by atoms with Gasteiger partial charge in [0.2, 0.25) is 0 Å². The Bertz CT molecular complexity index is 430. The lowest BCUT2D eigenvalue weighted by molar-refractivity contribution is 0.0914. The summed E-state index contributed by atoms with van der Waals surface area (Å²) in [6, 6.07) is 4.93. The maximum absolute atomic E-state index is 14.0. The van der Waals surface area contributed by atoms with Gasteiger partial charge in [0.1, 0.15) is 5.82 Å². The molecule has 0 saturated carbocycles. The van der Waals surface area contributed by atoms with E-state index in [-0.39, 0.29) is 17.4 Å². The summed E-state index contributed by atoms with van der Waals surface area (Å²) in [4.78, 5) is 2.25. The molecule has 0 aromatic heterocycles. The van der Waals surface area contributed by atoms with Crippen molar-refractivity contribution in [1.82, 2.24) is 10.2 Å². The monoisotopic (exact) mass is 300 g/mol. The Kier molecular flexibility index (Phi) is 6.44. The maximum Gasteiger partial charge on any atom is 0.126 e. The van der Waals surface area contributed by atoms with Crippen LogP contribution in [0.5, 0.6) is 0 Å². The molecule has 20 heavy (non-hydrogen) atoms. The smallest absolute Gasteiger partial charge is 0.126 e. The van der Waals surface area contributed by atoms with Crippen LogP contribution in [-0.2, 0) is 6.42 Å². The zero-order valence-electron chi connectivity index (χ0n) is 13.1. The van der Waals surface area contributed by atoms with Crippen LogP contribution in [-0.4, -0.2) is 37.6 Å². The number of halogens is 2. The highest BCUT2D eigenvalue weighted by molar-refractivity contribution is 6.30. The second-order valence-corrected chi connectivity index (χ2v) is 5.92. The maximum atomic E-state index is 14.0. The van der Waals surface area contributed by atoms with Crippen molar-refractivity contribution in [3.63, 3.8) is 0 Å². The highest BCUT2D eigenvalue weighted by Gasteiger charge is 2.37. The number of likely N-dealkylation sites (N-methyl/N-ethyl adjacent to an activating group) is 2. The van der Waals surface area contributed by atoms with Gasteiger partial charge >= 0.3 is 0 Å². The molecule has 1 aromatic rings. The summed E-state index contributed by atoms with van der Waals surface area (Å²) in [7, 11) is 6.12. The molecule has 0 amide bonds. The Morgan fingerprint density at radius 3 is 2.35 bits per heavy atom. The second-order valence-electron chi connectivity index (χ2n) is 5.49. The summed E-state index contributed by atoms with van der Waals surface area (Å²) in [5.74, 6) is -0.186. The molecule has 0 saturated heterocycles. The first-order valence-electron chi connectivity index (χ1n) is 7.19. The molecule has 0 aliphatic rings. The van der Waals surface area contributed by atoms with E-state index < -0.39 is 0 Å². The molecule has 2 nitrogen and oxygen atoms in total. The fourth-order valence-corrected chi connectivity index (χ4v) is 3.36. The van der Waals surface area contributed by atoms with Gasteiger partial charge in [-0.05, 0) is 64.2 Å². The molecule has 0 bridgehead atoms. The fourth-order valence-electron chi connectivity index (χ4n) is 3.17. The summed E-state index contributed by atoms with van der Waals surface area (Å²) in [6.07, 6.45) is 2.64. The third-order valence-corrected chi connectivity index (χ3v) is 4.78. The standard InChI is InChI=1S/C16H26ClFN2/c1-6-16(7-2,20(4)5)15(19-3)11-12-10-13(17)8-9-14(12)18/h8-10,15,19H,6-7,11H2,1-5H3. The number of rotatable bonds is 7. The lowest BCUT2D eigenvalue weighted by Crippen LogP contribution is -2.58. The van der Waals surface area contributed by atoms with Crippen molar-refractivity contribution in [1.29, 1.82) is 0 Å².